The molecule has 0 rings (SSSR count). The summed E-state index contributed by atoms with van der Waals surface area (Å²) in [4.78, 5) is 22.7. The van der Waals surface area contributed by atoms with Crippen molar-refractivity contribution < 1.29 is 14.7 Å². The third kappa shape index (κ3) is 4.11. The molecule has 0 aliphatic heterocycles. The van der Waals surface area contributed by atoms with Crippen molar-refractivity contribution in [2.75, 3.05) is 6.54 Å². The standard InChI is InChI=1S/C8H12N2O3/c1-6(2)10(5-8(12)13)7(11)3-4-9/h6H,3,5H2,1-2H3,(H,12,13). The molecule has 13 heavy (non-hydrogen) atoms. The highest BCUT2D eigenvalue weighted by Crippen LogP contribution is 2.00. The van der Waals surface area contributed by atoms with Crippen LogP contribution in [0.15, 0.2) is 0 Å². The van der Waals surface area contributed by atoms with Crippen molar-refractivity contribution in [3.8, 4) is 6.07 Å². The van der Waals surface area contributed by atoms with E-state index in [1.54, 1.807) is 19.9 Å². The summed E-state index contributed by atoms with van der Waals surface area (Å²) < 4.78 is 0. The van der Waals surface area contributed by atoms with Gasteiger partial charge in [-0.15, -0.1) is 0 Å². The van der Waals surface area contributed by atoms with E-state index in [0.29, 0.717) is 0 Å². The predicted molar refractivity (Wildman–Crippen MR) is 44.7 cm³/mol. The van der Waals surface area contributed by atoms with Crippen LogP contribution in [0.4, 0.5) is 0 Å². The van der Waals surface area contributed by atoms with E-state index in [1.807, 2.05) is 0 Å². The third-order valence-corrected chi connectivity index (χ3v) is 1.48. The van der Waals surface area contributed by atoms with Crippen molar-refractivity contribution in [1.29, 1.82) is 5.26 Å². The van der Waals surface area contributed by atoms with Crippen molar-refractivity contribution in [3.05, 3.63) is 0 Å². The van der Waals surface area contributed by atoms with Crippen LogP contribution in [0.1, 0.15) is 20.3 Å². The van der Waals surface area contributed by atoms with Crippen LogP contribution in [0.3, 0.4) is 0 Å². The molecule has 0 aliphatic rings. The quantitative estimate of drug-likeness (QED) is 0.677. The Morgan fingerprint density at radius 3 is 2.38 bits per heavy atom. The lowest BCUT2D eigenvalue weighted by atomic mass is 10.3. The van der Waals surface area contributed by atoms with Crippen LogP contribution >= 0.6 is 0 Å². The van der Waals surface area contributed by atoms with Crippen molar-refractivity contribution in [2.24, 2.45) is 0 Å². The topological polar surface area (TPSA) is 81.4 Å². The number of amides is 1. The second kappa shape index (κ2) is 5.14. The molecule has 0 saturated heterocycles. The van der Waals surface area contributed by atoms with Crippen molar-refractivity contribution in [1.82, 2.24) is 4.90 Å². The van der Waals surface area contributed by atoms with E-state index in [-0.39, 0.29) is 19.0 Å². The summed E-state index contributed by atoms with van der Waals surface area (Å²) in [5.74, 6) is -1.51. The molecule has 0 aromatic heterocycles. The average molecular weight is 184 g/mol. The fourth-order valence-electron chi connectivity index (χ4n) is 0.874. The highest BCUT2D eigenvalue weighted by Gasteiger charge is 2.18. The Bertz CT molecular complexity index is 242. The van der Waals surface area contributed by atoms with Crippen LogP contribution in [0.2, 0.25) is 0 Å². The van der Waals surface area contributed by atoms with E-state index in [1.165, 1.54) is 0 Å². The zero-order valence-corrected chi connectivity index (χ0v) is 7.65. The Hall–Kier alpha value is -1.57. The highest BCUT2D eigenvalue weighted by molar-refractivity contribution is 5.82. The predicted octanol–water partition coefficient (Wildman–Crippen LogP) is 0.222. The largest absolute Gasteiger partial charge is 0.480 e. The maximum Gasteiger partial charge on any atom is 0.323 e. The van der Waals surface area contributed by atoms with E-state index in [0.717, 1.165) is 4.90 Å². The number of nitrogens with zero attached hydrogens (tertiary/aromatic N) is 2. The molecular formula is C8H12N2O3. The molecule has 0 saturated carbocycles. The molecule has 1 N–H and O–H groups in total. The number of nitriles is 1. The molecule has 0 radical (unpaired) electrons. The molecule has 0 heterocycles. The third-order valence-electron chi connectivity index (χ3n) is 1.48. The minimum Gasteiger partial charge on any atom is -0.480 e. The second-order valence-corrected chi connectivity index (χ2v) is 2.84. The van der Waals surface area contributed by atoms with E-state index in [4.69, 9.17) is 10.4 Å². The number of aliphatic carboxylic acids is 1. The summed E-state index contributed by atoms with van der Waals surface area (Å²) in [6.45, 7) is 3.06. The van der Waals surface area contributed by atoms with Gasteiger partial charge in [0.15, 0.2) is 0 Å². The molecule has 72 valence electrons. The van der Waals surface area contributed by atoms with Crippen LogP contribution in [0.25, 0.3) is 0 Å². The molecule has 1 amide bonds. The lowest BCUT2D eigenvalue weighted by molar-refractivity contribution is -0.145. The smallest absolute Gasteiger partial charge is 0.323 e. The minimum absolute atomic E-state index is 0.197. The van der Waals surface area contributed by atoms with Crippen LogP contribution in [-0.4, -0.2) is 34.5 Å². The van der Waals surface area contributed by atoms with Gasteiger partial charge in [0.05, 0.1) is 6.07 Å². The van der Waals surface area contributed by atoms with E-state index < -0.39 is 11.9 Å². The number of carboxylic acid groups (broad SMARTS) is 1. The molecular weight excluding hydrogens is 172 g/mol. The molecule has 0 atom stereocenters. The van der Waals surface area contributed by atoms with Crippen LogP contribution < -0.4 is 0 Å². The first-order valence-electron chi connectivity index (χ1n) is 3.87. The lowest BCUT2D eigenvalue weighted by Gasteiger charge is -2.23. The molecule has 0 aromatic rings. The first-order chi connectivity index (χ1) is 5.99. The maximum absolute atomic E-state index is 11.2. The summed E-state index contributed by atoms with van der Waals surface area (Å²) >= 11 is 0. The average Bonchev–Trinajstić information content (AvgIpc) is 1.99. The fourth-order valence-corrected chi connectivity index (χ4v) is 0.874. The second-order valence-electron chi connectivity index (χ2n) is 2.84. The number of rotatable bonds is 4. The van der Waals surface area contributed by atoms with Gasteiger partial charge in [0.25, 0.3) is 0 Å². The summed E-state index contributed by atoms with van der Waals surface area (Å²) in [5.41, 5.74) is 0. The SMILES string of the molecule is CC(C)N(CC(=O)O)C(=O)CC#N. The van der Waals surface area contributed by atoms with E-state index >= 15 is 0 Å². The monoisotopic (exact) mass is 184 g/mol. The van der Waals surface area contributed by atoms with Gasteiger partial charge in [-0.25, -0.2) is 0 Å². The Kier molecular flexibility index (Phi) is 4.52. The van der Waals surface area contributed by atoms with E-state index in [9.17, 15) is 9.59 Å². The molecule has 0 fully saturated rings. The molecule has 0 aromatic carbocycles. The Morgan fingerprint density at radius 1 is 1.54 bits per heavy atom. The number of carbonyl (C=O) groups is 2. The highest BCUT2D eigenvalue weighted by atomic mass is 16.4. The van der Waals surface area contributed by atoms with Gasteiger partial charge in [-0.3, -0.25) is 9.59 Å². The molecule has 0 unspecified atom stereocenters. The Balaban J connectivity index is 4.34. The van der Waals surface area contributed by atoms with Crippen molar-refractivity contribution in [3.63, 3.8) is 0 Å². The van der Waals surface area contributed by atoms with Gasteiger partial charge in [-0.05, 0) is 13.8 Å². The molecule has 5 heteroatoms. The van der Waals surface area contributed by atoms with Crippen LogP contribution in [0.5, 0.6) is 0 Å². The molecule has 5 nitrogen and oxygen atoms in total. The fraction of sp³-hybridized carbons (Fsp3) is 0.625. The maximum atomic E-state index is 11.2. The van der Waals surface area contributed by atoms with Gasteiger partial charge in [-0.1, -0.05) is 0 Å². The number of carbonyl (C=O) groups excluding carboxylic acids is 1. The number of carboxylic acids is 1. The molecule has 0 bridgehead atoms. The van der Waals surface area contributed by atoms with Crippen LogP contribution in [-0.2, 0) is 9.59 Å². The van der Waals surface area contributed by atoms with Crippen molar-refractivity contribution in [2.45, 2.75) is 26.3 Å². The Morgan fingerprint density at radius 2 is 2.08 bits per heavy atom. The first-order valence-corrected chi connectivity index (χ1v) is 3.87. The van der Waals surface area contributed by atoms with Gasteiger partial charge < -0.3 is 10.0 Å². The molecule has 0 spiro atoms. The number of hydrogen-bond acceptors (Lipinski definition) is 3. The zero-order chi connectivity index (χ0) is 10.4. The summed E-state index contributed by atoms with van der Waals surface area (Å²) in [6, 6.07) is 1.49. The Labute approximate surface area is 76.6 Å². The lowest BCUT2D eigenvalue weighted by Crippen LogP contribution is -2.40. The molecule has 0 aliphatic carbocycles. The first kappa shape index (κ1) is 11.4. The van der Waals surface area contributed by atoms with Crippen LogP contribution in [0, 0.1) is 11.3 Å². The summed E-state index contributed by atoms with van der Waals surface area (Å²) in [5, 5.41) is 16.7. The van der Waals surface area contributed by atoms with Crippen molar-refractivity contribution >= 4 is 11.9 Å². The van der Waals surface area contributed by atoms with Gasteiger partial charge >= 0.3 is 5.97 Å². The minimum atomic E-state index is -1.07. The zero-order valence-electron chi connectivity index (χ0n) is 7.65. The van der Waals surface area contributed by atoms with Gasteiger partial charge in [-0.2, -0.15) is 5.26 Å². The summed E-state index contributed by atoms with van der Waals surface area (Å²) in [6.07, 6.45) is -0.272. The number of hydrogen-bond donors (Lipinski definition) is 1. The van der Waals surface area contributed by atoms with E-state index in [2.05, 4.69) is 0 Å². The van der Waals surface area contributed by atoms with Gasteiger partial charge in [0, 0.05) is 6.04 Å². The normalized spacial score (nSPS) is 9.38. The van der Waals surface area contributed by atoms with Gasteiger partial charge in [0.2, 0.25) is 5.91 Å². The summed E-state index contributed by atoms with van der Waals surface area (Å²) in [7, 11) is 0. The van der Waals surface area contributed by atoms with Gasteiger partial charge in [0.1, 0.15) is 13.0 Å².